The summed E-state index contributed by atoms with van der Waals surface area (Å²) in [6.07, 6.45) is 0.666. The van der Waals surface area contributed by atoms with E-state index in [4.69, 9.17) is 9.47 Å². The summed E-state index contributed by atoms with van der Waals surface area (Å²) in [5, 5.41) is 7.23. The van der Waals surface area contributed by atoms with Crippen LogP contribution in [0.3, 0.4) is 0 Å². The van der Waals surface area contributed by atoms with E-state index in [9.17, 15) is 19.2 Å². The summed E-state index contributed by atoms with van der Waals surface area (Å²) in [7, 11) is 0. The number of ether oxygens (including phenoxy) is 2. The molecule has 0 bridgehead atoms. The number of hydrogen-bond acceptors (Lipinski definition) is 8. The Bertz CT molecular complexity index is 948. The molecular formula is C21H26N2O6S2. The maximum absolute atomic E-state index is 12.4. The van der Waals surface area contributed by atoms with Crippen LogP contribution in [0.25, 0.3) is 0 Å². The second-order valence-electron chi connectivity index (χ2n) is 7.09. The van der Waals surface area contributed by atoms with E-state index in [1.807, 2.05) is 32.2 Å². The number of nitrogens with one attached hydrogen (secondary N) is 2. The van der Waals surface area contributed by atoms with E-state index < -0.39 is 24.5 Å². The lowest BCUT2D eigenvalue weighted by Gasteiger charge is -2.10. The minimum absolute atomic E-state index is 0.220. The first-order valence-electron chi connectivity index (χ1n) is 9.78. The molecule has 0 spiro atoms. The summed E-state index contributed by atoms with van der Waals surface area (Å²) in [6.45, 7) is 6.98. The maximum atomic E-state index is 12.4. The van der Waals surface area contributed by atoms with Crippen molar-refractivity contribution >= 4 is 51.4 Å². The second kappa shape index (κ2) is 11.6. The standard InChI is InChI=1S/C21H26N2O6S2/c1-5-28-21(27)18-14(8-12(2)3)11-30-20(18)23-16(24)10-29-17(25)9-22-19(26)15-7-6-13(4)31-15/h6-7,11-12H,5,8-10H2,1-4H3,(H,22,26)(H,23,24). The number of thiophene rings is 2. The van der Waals surface area contributed by atoms with Gasteiger partial charge in [0.1, 0.15) is 11.5 Å². The summed E-state index contributed by atoms with van der Waals surface area (Å²) >= 11 is 2.53. The van der Waals surface area contributed by atoms with Gasteiger partial charge in [0.15, 0.2) is 6.61 Å². The summed E-state index contributed by atoms with van der Waals surface area (Å²) in [5.41, 5.74) is 1.14. The molecule has 2 aromatic heterocycles. The van der Waals surface area contributed by atoms with Crippen molar-refractivity contribution < 1.29 is 28.7 Å². The van der Waals surface area contributed by atoms with Crippen LogP contribution in [0.15, 0.2) is 17.5 Å². The van der Waals surface area contributed by atoms with Gasteiger partial charge in [-0.2, -0.15) is 0 Å². The van der Waals surface area contributed by atoms with Crippen LogP contribution in [0.1, 0.15) is 51.2 Å². The van der Waals surface area contributed by atoms with Crippen LogP contribution in [-0.4, -0.2) is 43.5 Å². The van der Waals surface area contributed by atoms with E-state index in [1.165, 1.54) is 22.7 Å². The molecule has 2 heterocycles. The molecule has 0 aliphatic heterocycles. The highest BCUT2D eigenvalue weighted by Gasteiger charge is 2.22. The van der Waals surface area contributed by atoms with Gasteiger partial charge in [0.2, 0.25) is 0 Å². The third-order valence-electron chi connectivity index (χ3n) is 3.95. The predicted molar refractivity (Wildman–Crippen MR) is 120 cm³/mol. The fourth-order valence-electron chi connectivity index (χ4n) is 2.66. The quantitative estimate of drug-likeness (QED) is 0.519. The number of carbonyl (C=O) groups is 4. The van der Waals surface area contributed by atoms with Crippen molar-refractivity contribution in [1.29, 1.82) is 0 Å². The van der Waals surface area contributed by atoms with E-state index in [0.29, 0.717) is 27.8 Å². The minimum Gasteiger partial charge on any atom is -0.462 e. The third-order valence-corrected chi connectivity index (χ3v) is 5.89. The van der Waals surface area contributed by atoms with Gasteiger partial charge in [-0.15, -0.1) is 22.7 Å². The first kappa shape index (κ1) is 24.5. The largest absolute Gasteiger partial charge is 0.462 e. The molecule has 2 rings (SSSR count). The Morgan fingerprint density at radius 2 is 1.87 bits per heavy atom. The van der Waals surface area contributed by atoms with Crippen LogP contribution in [0, 0.1) is 12.8 Å². The molecule has 8 nitrogen and oxygen atoms in total. The molecular weight excluding hydrogens is 440 g/mol. The van der Waals surface area contributed by atoms with E-state index in [2.05, 4.69) is 10.6 Å². The van der Waals surface area contributed by atoms with Gasteiger partial charge in [-0.3, -0.25) is 14.4 Å². The molecule has 0 saturated heterocycles. The molecule has 0 radical (unpaired) electrons. The van der Waals surface area contributed by atoms with Gasteiger partial charge in [-0.1, -0.05) is 13.8 Å². The van der Waals surface area contributed by atoms with Crippen molar-refractivity contribution in [3.05, 3.63) is 38.4 Å². The van der Waals surface area contributed by atoms with Crippen LogP contribution >= 0.6 is 22.7 Å². The first-order valence-corrected chi connectivity index (χ1v) is 11.5. The zero-order valence-electron chi connectivity index (χ0n) is 17.9. The molecule has 0 aromatic carbocycles. The van der Waals surface area contributed by atoms with E-state index in [0.717, 1.165) is 10.4 Å². The van der Waals surface area contributed by atoms with Crippen LogP contribution < -0.4 is 10.6 Å². The highest BCUT2D eigenvalue weighted by atomic mass is 32.1. The van der Waals surface area contributed by atoms with Crippen molar-refractivity contribution in [1.82, 2.24) is 5.32 Å². The SMILES string of the molecule is CCOC(=O)c1c(CC(C)C)csc1NC(=O)COC(=O)CNC(=O)c1ccc(C)s1. The van der Waals surface area contributed by atoms with Gasteiger partial charge in [-0.05, 0) is 49.3 Å². The molecule has 0 unspecified atom stereocenters. The van der Waals surface area contributed by atoms with Crippen LogP contribution in [0.2, 0.25) is 0 Å². The van der Waals surface area contributed by atoms with Crippen molar-refractivity contribution in [2.45, 2.75) is 34.1 Å². The lowest BCUT2D eigenvalue weighted by molar-refractivity contribution is -0.146. The van der Waals surface area contributed by atoms with Crippen molar-refractivity contribution in [2.75, 3.05) is 25.1 Å². The molecule has 0 aliphatic carbocycles. The van der Waals surface area contributed by atoms with Gasteiger partial charge in [0.25, 0.3) is 11.8 Å². The third kappa shape index (κ3) is 7.48. The predicted octanol–water partition coefficient (Wildman–Crippen LogP) is 3.40. The number of esters is 2. The Hall–Kier alpha value is -2.72. The smallest absolute Gasteiger partial charge is 0.341 e. The normalized spacial score (nSPS) is 10.6. The molecule has 0 atom stereocenters. The van der Waals surface area contributed by atoms with E-state index in [1.54, 1.807) is 13.0 Å². The summed E-state index contributed by atoms with van der Waals surface area (Å²) in [6, 6.07) is 3.48. The number of carbonyl (C=O) groups excluding carboxylic acids is 4. The summed E-state index contributed by atoms with van der Waals surface area (Å²) in [5.74, 6) is -1.89. The molecule has 0 saturated carbocycles. The minimum atomic E-state index is -0.742. The fourth-order valence-corrected chi connectivity index (χ4v) is 4.42. The zero-order chi connectivity index (χ0) is 23.0. The molecule has 0 aliphatic rings. The topological polar surface area (TPSA) is 111 Å². The monoisotopic (exact) mass is 466 g/mol. The van der Waals surface area contributed by atoms with Gasteiger partial charge in [-0.25, -0.2) is 4.79 Å². The van der Waals surface area contributed by atoms with Crippen molar-refractivity contribution in [3.63, 3.8) is 0 Å². The Kier molecular flexibility index (Phi) is 9.20. The van der Waals surface area contributed by atoms with Gasteiger partial charge >= 0.3 is 11.9 Å². The fraction of sp³-hybridized carbons (Fsp3) is 0.429. The number of anilines is 1. The number of rotatable bonds is 10. The number of aryl methyl sites for hydroxylation is 1. The molecule has 2 amide bonds. The maximum Gasteiger partial charge on any atom is 0.341 e. The van der Waals surface area contributed by atoms with Crippen molar-refractivity contribution in [2.24, 2.45) is 5.92 Å². The second-order valence-corrected chi connectivity index (χ2v) is 9.25. The van der Waals surface area contributed by atoms with E-state index in [-0.39, 0.29) is 19.1 Å². The van der Waals surface area contributed by atoms with Gasteiger partial charge in [0, 0.05) is 4.88 Å². The molecule has 0 fully saturated rings. The average Bonchev–Trinajstić information content (AvgIpc) is 3.30. The molecule has 10 heteroatoms. The van der Waals surface area contributed by atoms with E-state index >= 15 is 0 Å². The molecule has 2 N–H and O–H groups in total. The Morgan fingerprint density at radius 3 is 2.48 bits per heavy atom. The number of hydrogen-bond donors (Lipinski definition) is 2. The Labute approximate surface area is 188 Å². The van der Waals surface area contributed by atoms with Crippen LogP contribution in [-0.2, 0) is 25.5 Å². The number of amides is 2. The van der Waals surface area contributed by atoms with Gasteiger partial charge in [0.05, 0.1) is 17.0 Å². The molecule has 31 heavy (non-hydrogen) atoms. The summed E-state index contributed by atoms with van der Waals surface area (Å²) in [4.78, 5) is 49.8. The summed E-state index contributed by atoms with van der Waals surface area (Å²) < 4.78 is 10.0. The lowest BCUT2D eigenvalue weighted by atomic mass is 10.0. The highest BCUT2D eigenvalue weighted by molar-refractivity contribution is 7.15. The lowest BCUT2D eigenvalue weighted by Crippen LogP contribution is -2.31. The zero-order valence-corrected chi connectivity index (χ0v) is 19.5. The molecule has 168 valence electrons. The van der Waals surface area contributed by atoms with Crippen molar-refractivity contribution in [3.8, 4) is 0 Å². The molecule has 2 aromatic rings. The Morgan fingerprint density at radius 1 is 1.13 bits per heavy atom. The van der Waals surface area contributed by atoms with Gasteiger partial charge < -0.3 is 20.1 Å². The van der Waals surface area contributed by atoms with Crippen LogP contribution in [0.4, 0.5) is 5.00 Å². The average molecular weight is 467 g/mol. The van der Waals surface area contributed by atoms with Crippen LogP contribution in [0.5, 0.6) is 0 Å². The Balaban J connectivity index is 1.88. The first-order chi connectivity index (χ1) is 14.7. The highest BCUT2D eigenvalue weighted by Crippen LogP contribution is 2.30.